The van der Waals surface area contributed by atoms with Gasteiger partial charge in [-0.25, -0.2) is 12.8 Å². The molecule has 0 bridgehead atoms. The largest absolute Gasteiger partial charge is 0.355 e. The van der Waals surface area contributed by atoms with Gasteiger partial charge in [0.1, 0.15) is 18.4 Å². The molecule has 0 fully saturated rings. The molecule has 3 aromatic rings. The Morgan fingerprint density at radius 2 is 1.68 bits per heavy atom. The number of anilines is 1. The molecule has 0 aromatic heterocycles. The van der Waals surface area contributed by atoms with Crippen molar-refractivity contribution in [2.75, 3.05) is 17.4 Å². The fraction of sp³-hybridized carbons (Fsp3) is 0.259. The van der Waals surface area contributed by atoms with E-state index in [0.29, 0.717) is 22.7 Å². The number of nitrogens with zero attached hydrogens (tertiary/aromatic N) is 2. The van der Waals surface area contributed by atoms with Crippen LogP contribution in [0.2, 0.25) is 5.02 Å². The molecule has 1 atom stereocenters. The van der Waals surface area contributed by atoms with Gasteiger partial charge in [0.15, 0.2) is 0 Å². The average Bonchev–Trinajstić information content (AvgIpc) is 2.87. The highest BCUT2D eigenvalue weighted by atomic mass is 35.5. The van der Waals surface area contributed by atoms with Crippen molar-refractivity contribution < 1.29 is 22.4 Å². The Morgan fingerprint density at radius 1 is 1.03 bits per heavy atom. The van der Waals surface area contributed by atoms with E-state index in [2.05, 4.69) is 5.32 Å². The zero-order valence-electron chi connectivity index (χ0n) is 20.8. The number of carbonyl (C=O) groups is 2. The van der Waals surface area contributed by atoms with Gasteiger partial charge in [0.05, 0.1) is 10.6 Å². The molecule has 0 saturated carbocycles. The fourth-order valence-electron chi connectivity index (χ4n) is 3.82. The SMILES string of the molecule is CCNC(=O)C(C)N(Cc1ccc(F)cc1)C(=O)CN(c1ccc(Cl)cc1C)S(=O)(=O)c1ccccc1. The molecule has 10 heteroatoms. The van der Waals surface area contributed by atoms with Crippen molar-refractivity contribution in [3.8, 4) is 0 Å². The highest BCUT2D eigenvalue weighted by Gasteiger charge is 2.33. The van der Waals surface area contributed by atoms with Gasteiger partial charge in [-0.1, -0.05) is 41.9 Å². The Balaban J connectivity index is 2.04. The number of sulfonamides is 1. The van der Waals surface area contributed by atoms with Gasteiger partial charge >= 0.3 is 0 Å². The number of benzene rings is 3. The van der Waals surface area contributed by atoms with Crippen LogP contribution in [0.15, 0.2) is 77.7 Å². The molecular weight excluding hydrogens is 517 g/mol. The van der Waals surface area contributed by atoms with Crippen molar-refractivity contribution in [1.29, 1.82) is 0 Å². The summed E-state index contributed by atoms with van der Waals surface area (Å²) in [6.45, 7) is 4.80. The van der Waals surface area contributed by atoms with E-state index in [-0.39, 0.29) is 17.1 Å². The molecule has 0 saturated heterocycles. The Kier molecular flexibility index (Phi) is 9.29. The van der Waals surface area contributed by atoms with Crippen LogP contribution in [0.4, 0.5) is 10.1 Å². The lowest BCUT2D eigenvalue weighted by atomic mass is 10.1. The Morgan fingerprint density at radius 3 is 2.27 bits per heavy atom. The number of halogens is 2. The summed E-state index contributed by atoms with van der Waals surface area (Å²) < 4.78 is 41.9. The molecule has 196 valence electrons. The molecule has 0 spiro atoms. The second-order valence-electron chi connectivity index (χ2n) is 8.47. The van der Waals surface area contributed by atoms with E-state index in [0.717, 1.165) is 4.31 Å². The standard InChI is InChI=1S/C27H29ClFN3O4S/c1-4-30-27(34)20(3)31(17-21-10-13-23(29)14-11-21)26(33)18-32(25-15-12-22(28)16-19(25)2)37(35,36)24-8-6-5-7-9-24/h5-16,20H,4,17-18H2,1-3H3,(H,30,34). The van der Waals surface area contributed by atoms with E-state index in [1.165, 1.54) is 41.3 Å². The summed E-state index contributed by atoms with van der Waals surface area (Å²) in [7, 11) is -4.16. The van der Waals surface area contributed by atoms with Crippen molar-refractivity contribution >= 4 is 39.1 Å². The van der Waals surface area contributed by atoms with E-state index in [1.807, 2.05) is 0 Å². The van der Waals surface area contributed by atoms with Crippen LogP contribution in [0.3, 0.4) is 0 Å². The summed E-state index contributed by atoms with van der Waals surface area (Å²) in [6, 6.07) is 17.1. The summed E-state index contributed by atoms with van der Waals surface area (Å²) in [5.41, 5.74) is 1.43. The highest BCUT2D eigenvalue weighted by Crippen LogP contribution is 2.29. The van der Waals surface area contributed by atoms with E-state index in [1.54, 1.807) is 57.2 Å². The van der Waals surface area contributed by atoms with Gasteiger partial charge in [0.25, 0.3) is 10.0 Å². The zero-order chi connectivity index (χ0) is 27.2. The van der Waals surface area contributed by atoms with Gasteiger partial charge in [-0.15, -0.1) is 0 Å². The molecule has 0 radical (unpaired) electrons. The van der Waals surface area contributed by atoms with Crippen molar-refractivity contribution in [3.05, 3.63) is 94.8 Å². The molecule has 2 amide bonds. The molecule has 0 heterocycles. The third kappa shape index (κ3) is 6.87. The minimum absolute atomic E-state index is 0.0130. The summed E-state index contributed by atoms with van der Waals surface area (Å²) >= 11 is 6.10. The number of hydrogen-bond donors (Lipinski definition) is 1. The number of amides is 2. The lowest BCUT2D eigenvalue weighted by Gasteiger charge is -2.32. The topological polar surface area (TPSA) is 86.8 Å². The monoisotopic (exact) mass is 545 g/mol. The maximum atomic E-state index is 13.7. The third-order valence-corrected chi connectivity index (χ3v) is 7.83. The van der Waals surface area contributed by atoms with E-state index >= 15 is 0 Å². The molecule has 7 nitrogen and oxygen atoms in total. The average molecular weight is 546 g/mol. The summed E-state index contributed by atoms with van der Waals surface area (Å²) in [5, 5.41) is 3.12. The van der Waals surface area contributed by atoms with Crippen molar-refractivity contribution in [2.24, 2.45) is 0 Å². The highest BCUT2D eigenvalue weighted by molar-refractivity contribution is 7.92. The van der Waals surface area contributed by atoms with Crippen LogP contribution < -0.4 is 9.62 Å². The molecule has 0 aliphatic carbocycles. The van der Waals surface area contributed by atoms with Crippen molar-refractivity contribution in [1.82, 2.24) is 10.2 Å². The van der Waals surface area contributed by atoms with Gasteiger partial charge in [-0.2, -0.15) is 0 Å². The second kappa shape index (κ2) is 12.2. The molecule has 1 N–H and O–H groups in total. The van der Waals surface area contributed by atoms with E-state index in [9.17, 15) is 22.4 Å². The maximum Gasteiger partial charge on any atom is 0.264 e. The smallest absolute Gasteiger partial charge is 0.264 e. The Bertz CT molecular complexity index is 1350. The number of likely N-dealkylation sites (N-methyl/N-ethyl adjacent to an activating group) is 1. The van der Waals surface area contributed by atoms with Crippen molar-refractivity contribution in [2.45, 2.75) is 38.3 Å². The minimum Gasteiger partial charge on any atom is -0.355 e. The second-order valence-corrected chi connectivity index (χ2v) is 10.8. The van der Waals surface area contributed by atoms with Gasteiger partial charge in [-0.3, -0.25) is 13.9 Å². The molecule has 3 rings (SSSR count). The van der Waals surface area contributed by atoms with Crippen LogP contribution in [0.25, 0.3) is 0 Å². The molecule has 0 aliphatic rings. The summed E-state index contributed by atoms with van der Waals surface area (Å²) in [5.74, 6) is -1.42. The van der Waals surface area contributed by atoms with Gasteiger partial charge in [0.2, 0.25) is 11.8 Å². The number of rotatable bonds is 10. The van der Waals surface area contributed by atoms with E-state index in [4.69, 9.17) is 11.6 Å². The van der Waals surface area contributed by atoms with Gasteiger partial charge in [-0.05, 0) is 74.4 Å². The normalized spacial score (nSPS) is 12.0. The first-order chi connectivity index (χ1) is 17.5. The van der Waals surface area contributed by atoms with Crippen LogP contribution >= 0.6 is 11.6 Å². The van der Waals surface area contributed by atoms with Crippen LogP contribution in [-0.4, -0.2) is 44.3 Å². The lowest BCUT2D eigenvalue weighted by Crippen LogP contribution is -2.51. The number of carbonyl (C=O) groups excluding carboxylic acids is 2. The first-order valence-electron chi connectivity index (χ1n) is 11.7. The van der Waals surface area contributed by atoms with Crippen LogP contribution in [0, 0.1) is 12.7 Å². The van der Waals surface area contributed by atoms with Crippen molar-refractivity contribution in [3.63, 3.8) is 0 Å². The molecule has 1 unspecified atom stereocenters. The Labute approximate surface area is 221 Å². The Hall–Kier alpha value is -3.43. The zero-order valence-corrected chi connectivity index (χ0v) is 22.4. The number of nitrogens with one attached hydrogen (secondary N) is 1. The minimum atomic E-state index is -4.16. The molecule has 0 aliphatic heterocycles. The summed E-state index contributed by atoms with van der Waals surface area (Å²) in [4.78, 5) is 27.7. The predicted molar refractivity (Wildman–Crippen MR) is 142 cm³/mol. The van der Waals surface area contributed by atoms with Crippen LogP contribution in [0.5, 0.6) is 0 Å². The first kappa shape index (κ1) is 28.1. The fourth-order valence-corrected chi connectivity index (χ4v) is 5.55. The van der Waals surface area contributed by atoms with Gasteiger partial charge in [0, 0.05) is 18.1 Å². The van der Waals surface area contributed by atoms with Gasteiger partial charge < -0.3 is 10.2 Å². The number of aryl methyl sites for hydroxylation is 1. The third-order valence-electron chi connectivity index (χ3n) is 5.82. The summed E-state index contributed by atoms with van der Waals surface area (Å²) in [6.07, 6.45) is 0. The molecule has 3 aromatic carbocycles. The molecular formula is C27H29ClFN3O4S. The molecule has 37 heavy (non-hydrogen) atoms. The quantitative estimate of drug-likeness (QED) is 0.405. The van der Waals surface area contributed by atoms with Crippen LogP contribution in [0.1, 0.15) is 25.0 Å². The first-order valence-corrected chi connectivity index (χ1v) is 13.5. The lowest BCUT2D eigenvalue weighted by molar-refractivity contribution is -0.139. The maximum absolute atomic E-state index is 13.7. The number of hydrogen-bond acceptors (Lipinski definition) is 4. The van der Waals surface area contributed by atoms with E-state index < -0.39 is 40.2 Å². The predicted octanol–water partition coefficient (Wildman–Crippen LogP) is 4.54. The van der Waals surface area contributed by atoms with Crippen LogP contribution in [-0.2, 0) is 26.2 Å².